The van der Waals surface area contributed by atoms with Gasteiger partial charge in [0.15, 0.2) is 0 Å². The molecule has 0 aliphatic heterocycles. The van der Waals surface area contributed by atoms with Gasteiger partial charge in [0.1, 0.15) is 0 Å². The Morgan fingerprint density at radius 2 is 1.70 bits per heavy atom. The fourth-order valence-electron chi connectivity index (χ4n) is 1.80. The smallest absolute Gasteiger partial charge is 0.248 e. The average molecular weight is 328 g/mol. The third-order valence-electron chi connectivity index (χ3n) is 3.08. The number of amides is 1. The molecule has 0 atom stereocenters. The monoisotopic (exact) mass is 328 g/mol. The number of rotatable bonds is 4. The van der Waals surface area contributed by atoms with Gasteiger partial charge in [-0.1, -0.05) is 29.5 Å². The van der Waals surface area contributed by atoms with Gasteiger partial charge >= 0.3 is 0 Å². The number of benzene rings is 2. The van der Waals surface area contributed by atoms with Gasteiger partial charge in [-0.3, -0.25) is 4.79 Å². The molecule has 0 aromatic heterocycles. The molecule has 0 fully saturated rings. The quantitative estimate of drug-likeness (QED) is 0.832. The maximum atomic E-state index is 12.0. The zero-order valence-electron chi connectivity index (χ0n) is 12.5. The van der Waals surface area contributed by atoms with E-state index in [-0.39, 0.29) is 11.4 Å². The number of nitrogens with two attached hydrogens (primary N) is 1. The number of sulfonamides is 1. The Balaban J connectivity index is 1.99. The Bertz CT molecular complexity index is 859. The molecule has 118 valence electrons. The lowest BCUT2D eigenvalue weighted by Gasteiger charge is -2.03. The second kappa shape index (κ2) is 7.09. The summed E-state index contributed by atoms with van der Waals surface area (Å²) >= 11 is 0. The predicted octanol–water partition coefficient (Wildman–Crippen LogP) is 1.42. The van der Waals surface area contributed by atoms with E-state index in [2.05, 4.69) is 16.6 Å². The van der Waals surface area contributed by atoms with Crippen molar-refractivity contribution in [2.24, 2.45) is 5.73 Å². The largest absolute Gasteiger partial charge is 0.366 e. The first-order valence-corrected chi connectivity index (χ1v) is 8.32. The van der Waals surface area contributed by atoms with Crippen LogP contribution in [-0.4, -0.2) is 20.9 Å². The van der Waals surface area contributed by atoms with Crippen molar-refractivity contribution in [2.45, 2.75) is 11.8 Å². The Morgan fingerprint density at radius 3 is 2.26 bits per heavy atom. The highest BCUT2D eigenvalue weighted by molar-refractivity contribution is 7.89. The van der Waals surface area contributed by atoms with E-state index in [0.29, 0.717) is 11.1 Å². The van der Waals surface area contributed by atoms with Crippen LogP contribution in [0.25, 0.3) is 0 Å². The van der Waals surface area contributed by atoms with Crippen molar-refractivity contribution in [3.8, 4) is 11.8 Å². The molecule has 0 heterocycles. The second-order valence-electron chi connectivity index (χ2n) is 4.88. The summed E-state index contributed by atoms with van der Waals surface area (Å²) in [6.07, 6.45) is 0. The van der Waals surface area contributed by atoms with Gasteiger partial charge in [0.25, 0.3) is 0 Å². The molecule has 2 rings (SSSR count). The number of hydrogen-bond donors (Lipinski definition) is 2. The molecule has 0 bridgehead atoms. The second-order valence-corrected chi connectivity index (χ2v) is 6.65. The molecule has 2 aromatic rings. The van der Waals surface area contributed by atoms with Gasteiger partial charge in [0.2, 0.25) is 15.9 Å². The van der Waals surface area contributed by atoms with E-state index in [1.807, 2.05) is 6.92 Å². The molecule has 2 aromatic carbocycles. The van der Waals surface area contributed by atoms with E-state index in [4.69, 9.17) is 5.73 Å². The first-order chi connectivity index (χ1) is 10.9. The summed E-state index contributed by atoms with van der Waals surface area (Å²) in [5.74, 6) is 5.04. The normalized spacial score (nSPS) is 10.7. The topological polar surface area (TPSA) is 89.3 Å². The van der Waals surface area contributed by atoms with Crippen molar-refractivity contribution in [2.75, 3.05) is 6.54 Å². The fraction of sp³-hybridized carbons (Fsp3) is 0.118. The zero-order chi connectivity index (χ0) is 16.9. The summed E-state index contributed by atoms with van der Waals surface area (Å²) in [4.78, 5) is 11.2. The standard InChI is InChI=1S/C17H16N2O3S/c1-13-4-10-16(11-5-13)23(21,22)19-12-2-3-14-6-8-15(9-7-14)17(18)20/h4-11,19H,12H2,1H3,(H2,18,20). The van der Waals surface area contributed by atoms with Gasteiger partial charge in [0.05, 0.1) is 11.4 Å². The van der Waals surface area contributed by atoms with Crippen LogP contribution in [0.3, 0.4) is 0 Å². The Labute approximate surface area is 135 Å². The van der Waals surface area contributed by atoms with E-state index >= 15 is 0 Å². The molecule has 0 spiro atoms. The highest BCUT2D eigenvalue weighted by atomic mass is 32.2. The minimum Gasteiger partial charge on any atom is -0.366 e. The Kier molecular flexibility index (Phi) is 5.16. The molecule has 0 unspecified atom stereocenters. The van der Waals surface area contributed by atoms with Crippen LogP contribution < -0.4 is 10.5 Å². The van der Waals surface area contributed by atoms with E-state index in [0.717, 1.165) is 5.56 Å². The highest BCUT2D eigenvalue weighted by Crippen LogP contribution is 2.09. The number of carbonyl (C=O) groups is 1. The first kappa shape index (κ1) is 16.7. The minimum atomic E-state index is -3.56. The maximum absolute atomic E-state index is 12.0. The molecular formula is C17H16N2O3S. The SMILES string of the molecule is Cc1ccc(S(=O)(=O)NCC#Cc2ccc(C(N)=O)cc2)cc1. The highest BCUT2D eigenvalue weighted by Gasteiger charge is 2.11. The van der Waals surface area contributed by atoms with Crippen LogP contribution in [0.15, 0.2) is 53.4 Å². The van der Waals surface area contributed by atoms with Gasteiger partial charge in [-0.25, -0.2) is 8.42 Å². The summed E-state index contributed by atoms with van der Waals surface area (Å²) in [6, 6.07) is 13.0. The van der Waals surface area contributed by atoms with Crippen LogP contribution >= 0.6 is 0 Å². The predicted molar refractivity (Wildman–Crippen MR) is 88.2 cm³/mol. The van der Waals surface area contributed by atoms with Crippen molar-refractivity contribution in [1.29, 1.82) is 0 Å². The lowest BCUT2D eigenvalue weighted by molar-refractivity contribution is 0.100. The van der Waals surface area contributed by atoms with Crippen molar-refractivity contribution in [1.82, 2.24) is 4.72 Å². The van der Waals surface area contributed by atoms with Gasteiger partial charge in [-0.2, -0.15) is 4.72 Å². The van der Waals surface area contributed by atoms with Crippen LogP contribution in [-0.2, 0) is 10.0 Å². The maximum Gasteiger partial charge on any atom is 0.248 e. The van der Waals surface area contributed by atoms with Crippen LogP contribution in [0.4, 0.5) is 0 Å². The van der Waals surface area contributed by atoms with Crippen LogP contribution in [0.1, 0.15) is 21.5 Å². The summed E-state index contributed by atoms with van der Waals surface area (Å²) < 4.78 is 26.5. The third-order valence-corrected chi connectivity index (χ3v) is 4.50. The molecular weight excluding hydrogens is 312 g/mol. The van der Waals surface area contributed by atoms with Gasteiger partial charge < -0.3 is 5.73 Å². The van der Waals surface area contributed by atoms with Crippen molar-refractivity contribution in [3.63, 3.8) is 0 Å². The van der Waals surface area contributed by atoms with E-state index < -0.39 is 15.9 Å². The van der Waals surface area contributed by atoms with Crippen LogP contribution in [0, 0.1) is 18.8 Å². The molecule has 0 aliphatic carbocycles. The van der Waals surface area contributed by atoms with Gasteiger partial charge in [0, 0.05) is 11.1 Å². The molecule has 0 saturated heterocycles. The van der Waals surface area contributed by atoms with E-state index in [1.165, 1.54) is 0 Å². The molecule has 3 N–H and O–H groups in total. The zero-order valence-corrected chi connectivity index (χ0v) is 13.4. The van der Waals surface area contributed by atoms with E-state index in [1.54, 1.807) is 48.5 Å². The van der Waals surface area contributed by atoms with Crippen LogP contribution in [0.2, 0.25) is 0 Å². The lowest BCUT2D eigenvalue weighted by atomic mass is 10.1. The molecule has 1 amide bonds. The lowest BCUT2D eigenvalue weighted by Crippen LogP contribution is -2.23. The van der Waals surface area contributed by atoms with Gasteiger partial charge in [-0.05, 0) is 43.3 Å². The van der Waals surface area contributed by atoms with Crippen LogP contribution in [0.5, 0.6) is 0 Å². The summed E-state index contributed by atoms with van der Waals surface area (Å²) in [5, 5.41) is 0. The average Bonchev–Trinajstić information content (AvgIpc) is 2.52. The minimum absolute atomic E-state index is 0.00617. The van der Waals surface area contributed by atoms with Gasteiger partial charge in [-0.15, -0.1) is 0 Å². The molecule has 0 aliphatic rings. The number of primary amides is 1. The van der Waals surface area contributed by atoms with Crippen molar-refractivity contribution in [3.05, 3.63) is 65.2 Å². The fourth-order valence-corrected chi connectivity index (χ4v) is 2.72. The molecule has 5 nitrogen and oxygen atoms in total. The number of aryl methyl sites for hydroxylation is 1. The summed E-state index contributed by atoms with van der Waals surface area (Å²) in [5.41, 5.74) is 7.20. The summed E-state index contributed by atoms with van der Waals surface area (Å²) in [6.45, 7) is 1.88. The number of nitrogens with one attached hydrogen (secondary N) is 1. The molecule has 0 radical (unpaired) electrons. The Hall–Kier alpha value is -2.62. The van der Waals surface area contributed by atoms with Crippen molar-refractivity contribution < 1.29 is 13.2 Å². The number of carbonyl (C=O) groups excluding carboxylic acids is 1. The Morgan fingerprint density at radius 1 is 1.09 bits per heavy atom. The molecule has 0 saturated carbocycles. The summed E-state index contributed by atoms with van der Waals surface area (Å²) in [7, 11) is -3.56. The molecule has 23 heavy (non-hydrogen) atoms. The van der Waals surface area contributed by atoms with Crippen molar-refractivity contribution >= 4 is 15.9 Å². The first-order valence-electron chi connectivity index (χ1n) is 6.83. The molecule has 6 heteroatoms. The van der Waals surface area contributed by atoms with E-state index in [9.17, 15) is 13.2 Å². The third kappa shape index (κ3) is 4.68. The number of hydrogen-bond acceptors (Lipinski definition) is 3.